The summed E-state index contributed by atoms with van der Waals surface area (Å²) in [5.41, 5.74) is 0.885. The van der Waals surface area contributed by atoms with Crippen molar-refractivity contribution in [1.82, 2.24) is 0 Å². The van der Waals surface area contributed by atoms with Crippen LogP contribution in [0.4, 0.5) is 0 Å². The average molecular weight is 339 g/mol. The van der Waals surface area contributed by atoms with Crippen LogP contribution in [0.5, 0.6) is 0 Å². The van der Waals surface area contributed by atoms with Crippen LogP contribution in [0.15, 0.2) is 5.16 Å². The first-order valence-electron chi connectivity index (χ1n) is 9.33. The number of fused-ring (bicyclic) bond motifs is 1. The Hall–Kier alpha value is -1.14. The summed E-state index contributed by atoms with van der Waals surface area (Å²) in [5, 5.41) is 33.4. The molecule has 3 rings (SSSR count). The molecule has 3 aliphatic rings. The molecule has 0 heterocycles. The number of carboxylic acids is 1. The van der Waals surface area contributed by atoms with Crippen molar-refractivity contribution < 1.29 is 25.0 Å². The highest BCUT2D eigenvalue weighted by Gasteiger charge is 2.51. The van der Waals surface area contributed by atoms with Gasteiger partial charge in [0.2, 0.25) is 6.61 Å². The van der Waals surface area contributed by atoms with Crippen molar-refractivity contribution in [3.05, 3.63) is 0 Å². The SMILES string of the molecule is O=C(O)CO/N=C1/CC2C1CC(CCC(O)C1CCCCC1)C2O. The lowest BCUT2D eigenvalue weighted by Crippen LogP contribution is -2.38. The summed E-state index contributed by atoms with van der Waals surface area (Å²) in [7, 11) is 0. The highest BCUT2D eigenvalue weighted by Crippen LogP contribution is 2.49. The third-order valence-corrected chi connectivity index (χ3v) is 6.27. The minimum atomic E-state index is -1.03. The molecule has 0 radical (unpaired) electrons. The molecule has 0 spiro atoms. The molecule has 6 heteroatoms. The van der Waals surface area contributed by atoms with Gasteiger partial charge in [0.15, 0.2) is 0 Å². The van der Waals surface area contributed by atoms with Crippen LogP contribution >= 0.6 is 0 Å². The lowest BCUT2D eigenvalue weighted by molar-refractivity contribution is -0.142. The van der Waals surface area contributed by atoms with Gasteiger partial charge >= 0.3 is 5.97 Å². The molecule has 0 amide bonds. The molecule has 3 fully saturated rings. The Morgan fingerprint density at radius 1 is 1.29 bits per heavy atom. The molecule has 0 aromatic heterocycles. The second kappa shape index (κ2) is 7.83. The fourth-order valence-corrected chi connectivity index (χ4v) is 4.81. The zero-order valence-electron chi connectivity index (χ0n) is 14.1. The Bertz CT molecular complexity index is 474. The maximum atomic E-state index is 10.5. The Morgan fingerprint density at radius 3 is 2.75 bits per heavy atom. The first kappa shape index (κ1) is 17.7. The van der Waals surface area contributed by atoms with Crippen molar-refractivity contribution >= 4 is 11.7 Å². The van der Waals surface area contributed by atoms with Gasteiger partial charge in [-0.15, -0.1) is 0 Å². The predicted octanol–water partition coefficient (Wildman–Crippen LogP) is 2.18. The minimum absolute atomic E-state index is 0.213. The van der Waals surface area contributed by atoms with E-state index in [4.69, 9.17) is 9.94 Å². The van der Waals surface area contributed by atoms with E-state index >= 15 is 0 Å². The van der Waals surface area contributed by atoms with Crippen molar-refractivity contribution in [3.63, 3.8) is 0 Å². The summed E-state index contributed by atoms with van der Waals surface area (Å²) in [6.07, 6.45) is 8.67. The van der Waals surface area contributed by atoms with Crippen LogP contribution in [0.25, 0.3) is 0 Å². The minimum Gasteiger partial charge on any atom is -0.479 e. The van der Waals surface area contributed by atoms with Gasteiger partial charge in [0.1, 0.15) is 0 Å². The maximum Gasteiger partial charge on any atom is 0.344 e. The van der Waals surface area contributed by atoms with E-state index in [2.05, 4.69) is 5.16 Å². The Balaban J connectivity index is 1.44. The van der Waals surface area contributed by atoms with Crippen molar-refractivity contribution in [1.29, 1.82) is 0 Å². The molecule has 136 valence electrons. The van der Waals surface area contributed by atoms with Gasteiger partial charge in [0.25, 0.3) is 0 Å². The van der Waals surface area contributed by atoms with Crippen molar-refractivity contribution in [3.8, 4) is 0 Å². The number of carbonyl (C=O) groups is 1. The highest BCUT2D eigenvalue weighted by atomic mass is 16.6. The maximum absolute atomic E-state index is 10.5. The van der Waals surface area contributed by atoms with E-state index in [9.17, 15) is 15.0 Å². The summed E-state index contributed by atoms with van der Waals surface area (Å²) in [6, 6.07) is 0. The fourth-order valence-electron chi connectivity index (χ4n) is 4.81. The number of aliphatic hydroxyl groups excluding tert-OH is 2. The molecular weight excluding hydrogens is 310 g/mol. The average Bonchev–Trinajstić information content (AvgIpc) is 2.81. The fraction of sp³-hybridized carbons (Fsp3) is 0.889. The van der Waals surface area contributed by atoms with Gasteiger partial charge in [-0.25, -0.2) is 4.79 Å². The molecule has 0 saturated heterocycles. The second-order valence-corrected chi connectivity index (χ2v) is 7.75. The van der Waals surface area contributed by atoms with Crippen LogP contribution in [-0.4, -0.2) is 45.8 Å². The summed E-state index contributed by atoms with van der Waals surface area (Å²) in [6.45, 7) is -0.416. The van der Waals surface area contributed by atoms with Crippen molar-refractivity contribution in [2.75, 3.05) is 6.61 Å². The van der Waals surface area contributed by atoms with Gasteiger partial charge in [-0.05, 0) is 56.3 Å². The molecule has 3 saturated carbocycles. The Morgan fingerprint density at radius 2 is 2.04 bits per heavy atom. The molecule has 3 N–H and O–H groups in total. The van der Waals surface area contributed by atoms with Crippen molar-refractivity contribution in [2.45, 2.75) is 70.0 Å². The number of aliphatic hydroxyl groups is 2. The normalized spacial score (nSPS) is 36.2. The lowest BCUT2D eigenvalue weighted by Gasteiger charge is -2.33. The molecule has 6 nitrogen and oxygen atoms in total. The van der Waals surface area contributed by atoms with Gasteiger partial charge in [0.05, 0.1) is 17.9 Å². The van der Waals surface area contributed by atoms with Crippen LogP contribution in [0.2, 0.25) is 0 Å². The van der Waals surface area contributed by atoms with Crippen LogP contribution in [-0.2, 0) is 9.63 Å². The summed E-state index contributed by atoms with van der Waals surface area (Å²) in [4.78, 5) is 15.3. The van der Waals surface area contributed by atoms with Crippen molar-refractivity contribution in [2.24, 2.45) is 28.8 Å². The van der Waals surface area contributed by atoms with E-state index in [0.717, 1.165) is 37.8 Å². The third kappa shape index (κ3) is 3.91. The lowest BCUT2D eigenvalue weighted by atomic mass is 9.73. The van der Waals surface area contributed by atoms with E-state index in [1.54, 1.807) is 0 Å². The van der Waals surface area contributed by atoms with Gasteiger partial charge in [0, 0.05) is 5.92 Å². The van der Waals surface area contributed by atoms with Gasteiger partial charge in [-0.1, -0.05) is 24.4 Å². The number of aliphatic carboxylic acids is 1. The third-order valence-electron chi connectivity index (χ3n) is 6.27. The van der Waals surface area contributed by atoms with E-state index in [0.29, 0.717) is 12.3 Å². The number of hydrogen-bond donors (Lipinski definition) is 3. The first-order valence-corrected chi connectivity index (χ1v) is 9.33. The molecule has 0 aliphatic heterocycles. The molecule has 0 aromatic rings. The smallest absolute Gasteiger partial charge is 0.344 e. The van der Waals surface area contributed by atoms with Crippen LogP contribution < -0.4 is 0 Å². The molecule has 0 aromatic carbocycles. The van der Waals surface area contributed by atoms with Gasteiger partial charge in [-0.3, -0.25) is 0 Å². The summed E-state index contributed by atoms with van der Waals surface area (Å²) < 4.78 is 0. The highest BCUT2D eigenvalue weighted by molar-refractivity contribution is 5.93. The second-order valence-electron chi connectivity index (χ2n) is 7.75. The molecule has 24 heavy (non-hydrogen) atoms. The van der Waals surface area contributed by atoms with E-state index in [1.165, 1.54) is 19.3 Å². The Kier molecular flexibility index (Phi) is 5.76. The van der Waals surface area contributed by atoms with Crippen LogP contribution in [0.3, 0.4) is 0 Å². The molecule has 5 unspecified atom stereocenters. The van der Waals surface area contributed by atoms with E-state index < -0.39 is 12.6 Å². The number of carboxylic acid groups (broad SMARTS) is 1. The Labute approximate surface area is 142 Å². The van der Waals surface area contributed by atoms with Crippen LogP contribution in [0.1, 0.15) is 57.8 Å². The van der Waals surface area contributed by atoms with E-state index in [-0.39, 0.29) is 30.0 Å². The monoisotopic (exact) mass is 339 g/mol. The van der Waals surface area contributed by atoms with Crippen LogP contribution in [0, 0.1) is 23.7 Å². The topological polar surface area (TPSA) is 99.4 Å². The molecule has 0 bridgehead atoms. The summed E-state index contributed by atoms with van der Waals surface area (Å²) in [5.74, 6) is 0.0804. The largest absolute Gasteiger partial charge is 0.479 e. The zero-order valence-corrected chi connectivity index (χ0v) is 14.1. The van der Waals surface area contributed by atoms with Gasteiger partial charge in [-0.2, -0.15) is 0 Å². The number of hydrogen-bond acceptors (Lipinski definition) is 5. The first-order chi connectivity index (χ1) is 11.6. The standard InChI is InChI=1S/C18H29NO5/c20-16(11-4-2-1-3-5-11)7-6-12-8-13-14(18(12)23)9-15(13)19-24-10-17(21)22/h11-14,16,18,20,23H,1-10H2,(H,21,22)/b19-15-. The quantitative estimate of drug-likeness (QED) is 0.617. The molecular formula is C18H29NO5. The summed E-state index contributed by atoms with van der Waals surface area (Å²) >= 11 is 0. The number of nitrogens with zero attached hydrogens (tertiary/aromatic N) is 1. The number of oxime groups is 1. The zero-order chi connectivity index (χ0) is 17.1. The van der Waals surface area contributed by atoms with Gasteiger partial charge < -0.3 is 20.2 Å². The van der Waals surface area contributed by atoms with E-state index in [1.807, 2.05) is 0 Å². The predicted molar refractivity (Wildman–Crippen MR) is 88.5 cm³/mol. The molecule has 5 atom stereocenters. The molecule has 3 aliphatic carbocycles. The number of rotatable bonds is 7.